The van der Waals surface area contributed by atoms with Crippen LogP contribution in [0.3, 0.4) is 0 Å². The molecule has 2 bridgehead atoms. The Morgan fingerprint density at radius 2 is 1.80 bits per heavy atom. The maximum atomic E-state index is 13.6. The first-order valence-electron chi connectivity index (χ1n) is 20.8. The lowest BCUT2D eigenvalue weighted by Crippen LogP contribution is -2.70. The highest BCUT2D eigenvalue weighted by Gasteiger charge is 2.72. The van der Waals surface area contributed by atoms with Crippen molar-refractivity contribution in [3.05, 3.63) is 23.8 Å². The van der Waals surface area contributed by atoms with Crippen molar-refractivity contribution >= 4 is 12.1 Å². The largest absolute Gasteiger partial charge is 0.506 e. The van der Waals surface area contributed by atoms with Gasteiger partial charge in [-0.05, 0) is 87.0 Å². The normalized spacial score (nSPS) is 40.5. The SMILES string of the molecule is CCN[C@@](C)(CO[C@H]1[C@H](n2ncnc2C(=O)N(C)C)C[C@@]23COC[C@]1(C)[C@@H]2CC[C@H]1C3=CC[C@]2(C)[C@H](OC(=O)O)[C@@](C)([C@H](C)C(C)C)CC[C@]12C)C(C)C. The molecule has 6 rings (SSSR count). The number of amides is 1. The number of nitrogens with zero attached hydrogens (tertiary/aromatic N) is 4. The minimum absolute atomic E-state index is 0.177. The van der Waals surface area contributed by atoms with E-state index < -0.39 is 12.3 Å². The molecule has 3 saturated carbocycles. The lowest BCUT2D eigenvalue weighted by Gasteiger charge is -2.71. The summed E-state index contributed by atoms with van der Waals surface area (Å²) < 4.78 is 22.0. The Labute approximate surface area is 324 Å². The minimum atomic E-state index is -1.18. The predicted molar refractivity (Wildman–Crippen MR) is 209 cm³/mol. The van der Waals surface area contributed by atoms with E-state index in [2.05, 4.69) is 92.5 Å². The number of carbonyl (C=O) groups excluding carboxylic acids is 1. The molecule has 54 heavy (non-hydrogen) atoms. The van der Waals surface area contributed by atoms with Crippen molar-refractivity contribution in [2.24, 2.45) is 56.7 Å². The maximum Gasteiger partial charge on any atom is 0.506 e. The Kier molecular flexibility index (Phi) is 10.8. The minimum Gasteiger partial charge on any atom is -0.450 e. The summed E-state index contributed by atoms with van der Waals surface area (Å²) in [5.74, 6) is 1.72. The molecule has 1 aromatic heterocycles. The molecule has 304 valence electrons. The molecule has 11 heteroatoms. The molecule has 2 heterocycles. The standard InChI is InChI=1S/C43H71N5O6/c1-14-45-42(11,27(4)5)23-53-33-31(48-34(44-25-46-48)35(49)47(12)13)21-43-24-52-22-39(33,8)32(43)16-15-29-30(43)17-18-41(10)36(54-37(50)51)38(7,28(6)26(2)3)19-20-40(29,41)9/h17,25-29,31-33,36,45H,14-16,18-24H2,1-13H3,(H,50,51)/t28-,29+,31-,32+,33+,36-,38-,39-,40-,41-,42+,43+/m1/s1. The summed E-state index contributed by atoms with van der Waals surface area (Å²) in [4.78, 5) is 32.3. The second kappa shape index (κ2) is 14.2. The van der Waals surface area contributed by atoms with Crippen LogP contribution in [0.15, 0.2) is 18.0 Å². The van der Waals surface area contributed by atoms with Crippen molar-refractivity contribution in [1.29, 1.82) is 0 Å². The van der Waals surface area contributed by atoms with Gasteiger partial charge in [0.2, 0.25) is 5.82 Å². The number of ether oxygens (including phenoxy) is 3. The molecule has 1 saturated heterocycles. The molecule has 1 amide bonds. The van der Waals surface area contributed by atoms with Gasteiger partial charge in [0.1, 0.15) is 12.4 Å². The number of hydrogen-bond donors (Lipinski definition) is 2. The molecule has 0 spiro atoms. The van der Waals surface area contributed by atoms with Gasteiger partial charge >= 0.3 is 6.16 Å². The van der Waals surface area contributed by atoms with Crippen molar-refractivity contribution in [2.75, 3.05) is 40.5 Å². The molecule has 4 fully saturated rings. The van der Waals surface area contributed by atoms with Gasteiger partial charge < -0.3 is 29.5 Å². The maximum absolute atomic E-state index is 13.6. The van der Waals surface area contributed by atoms with Crippen LogP contribution in [-0.4, -0.2) is 95.0 Å². The first kappa shape index (κ1) is 41.1. The van der Waals surface area contributed by atoms with Crippen LogP contribution in [0.2, 0.25) is 0 Å². The summed E-state index contributed by atoms with van der Waals surface area (Å²) in [7, 11) is 3.52. The van der Waals surface area contributed by atoms with Gasteiger partial charge in [0.15, 0.2) is 0 Å². The zero-order valence-electron chi connectivity index (χ0n) is 35.6. The summed E-state index contributed by atoms with van der Waals surface area (Å²) >= 11 is 0. The van der Waals surface area contributed by atoms with Crippen molar-refractivity contribution < 1.29 is 28.9 Å². The van der Waals surface area contributed by atoms with Gasteiger partial charge in [-0.25, -0.2) is 14.5 Å². The fourth-order valence-corrected chi connectivity index (χ4v) is 12.8. The van der Waals surface area contributed by atoms with Gasteiger partial charge in [0.05, 0.1) is 32.0 Å². The van der Waals surface area contributed by atoms with Gasteiger partial charge in [0.25, 0.3) is 5.91 Å². The fourth-order valence-electron chi connectivity index (χ4n) is 12.8. The Morgan fingerprint density at radius 3 is 2.41 bits per heavy atom. The van der Waals surface area contributed by atoms with E-state index in [1.807, 2.05) is 4.68 Å². The first-order valence-corrected chi connectivity index (χ1v) is 20.8. The third-order valence-electron chi connectivity index (χ3n) is 16.8. The van der Waals surface area contributed by atoms with Crippen molar-refractivity contribution in [1.82, 2.24) is 25.0 Å². The van der Waals surface area contributed by atoms with E-state index in [-0.39, 0.29) is 56.6 Å². The molecule has 4 aliphatic carbocycles. The summed E-state index contributed by atoms with van der Waals surface area (Å²) in [5.41, 5.74) is -0.305. The van der Waals surface area contributed by atoms with Crippen LogP contribution in [0.1, 0.15) is 131 Å². The highest BCUT2D eigenvalue weighted by Crippen LogP contribution is 2.74. The fraction of sp³-hybridized carbons (Fsp3) is 0.860. The Balaban J connectivity index is 1.48. The van der Waals surface area contributed by atoms with Crippen molar-refractivity contribution in [3.63, 3.8) is 0 Å². The number of fused-ring (bicyclic) bond motifs is 3. The lowest BCUT2D eigenvalue weighted by atomic mass is 9.35. The zero-order chi connectivity index (χ0) is 39.8. The molecule has 1 aliphatic heterocycles. The van der Waals surface area contributed by atoms with Gasteiger partial charge in [-0.2, -0.15) is 5.10 Å². The van der Waals surface area contributed by atoms with E-state index >= 15 is 0 Å². The molecule has 0 unspecified atom stereocenters. The van der Waals surface area contributed by atoms with Crippen LogP contribution in [0.5, 0.6) is 0 Å². The highest BCUT2D eigenvalue weighted by atomic mass is 16.7. The summed E-state index contributed by atoms with van der Waals surface area (Å²) in [6.07, 6.45) is 7.57. The van der Waals surface area contributed by atoms with Crippen LogP contribution in [-0.2, 0) is 14.2 Å². The van der Waals surface area contributed by atoms with E-state index in [0.29, 0.717) is 49.3 Å². The topological polar surface area (TPSA) is 128 Å². The quantitative estimate of drug-likeness (QED) is 0.171. The lowest BCUT2D eigenvalue weighted by molar-refractivity contribution is -0.257. The summed E-state index contributed by atoms with van der Waals surface area (Å²) in [6.45, 7) is 27.6. The molecule has 0 radical (unpaired) electrons. The number of aromatic nitrogens is 3. The van der Waals surface area contributed by atoms with Gasteiger partial charge in [0, 0.05) is 41.3 Å². The summed E-state index contributed by atoms with van der Waals surface area (Å²) in [5, 5.41) is 18.7. The number of carbonyl (C=O) groups is 2. The molecule has 2 N–H and O–H groups in total. The average Bonchev–Trinajstić information content (AvgIpc) is 3.59. The van der Waals surface area contributed by atoms with Crippen molar-refractivity contribution in [3.8, 4) is 0 Å². The van der Waals surface area contributed by atoms with E-state index in [9.17, 15) is 14.7 Å². The van der Waals surface area contributed by atoms with Crippen LogP contribution in [0, 0.1) is 56.7 Å². The number of hydrogen-bond acceptors (Lipinski definition) is 8. The van der Waals surface area contributed by atoms with Gasteiger partial charge in [-0.15, -0.1) is 0 Å². The van der Waals surface area contributed by atoms with E-state index in [4.69, 9.17) is 19.3 Å². The number of likely N-dealkylation sites (N-methyl/N-ethyl adjacent to an activating group) is 1. The third-order valence-corrected chi connectivity index (χ3v) is 16.8. The molecular formula is C43H71N5O6. The predicted octanol–water partition coefficient (Wildman–Crippen LogP) is 7.88. The molecule has 1 aromatic rings. The van der Waals surface area contributed by atoms with Gasteiger partial charge in [-0.1, -0.05) is 80.9 Å². The van der Waals surface area contributed by atoms with Crippen molar-refractivity contribution in [2.45, 2.75) is 138 Å². The van der Waals surface area contributed by atoms with E-state index in [0.717, 1.165) is 45.1 Å². The third kappa shape index (κ3) is 5.98. The molecule has 0 aromatic carbocycles. The van der Waals surface area contributed by atoms with Crippen LogP contribution < -0.4 is 5.32 Å². The smallest absolute Gasteiger partial charge is 0.450 e. The van der Waals surface area contributed by atoms with Crippen LogP contribution in [0.25, 0.3) is 0 Å². The van der Waals surface area contributed by atoms with Crippen LogP contribution >= 0.6 is 0 Å². The zero-order valence-corrected chi connectivity index (χ0v) is 35.6. The molecule has 5 aliphatic rings. The monoisotopic (exact) mass is 754 g/mol. The summed E-state index contributed by atoms with van der Waals surface area (Å²) in [6, 6.07) is -0.250. The highest BCUT2D eigenvalue weighted by molar-refractivity contribution is 5.90. The molecule has 12 atom stereocenters. The van der Waals surface area contributed by atoms with Crippen LogP contribution in [0.4, 0.5) is 4.79 Å². The second-order valence-electron chi connectivity index (χ2n) is 20.2. The van der Waals surface area contributed by atoms with E-state index in [1.165, 1.54) is 11.9 Å². The number of carboxylic acid groups (broad SMARTS) is 1. The second-order valence-corrected chi connectivity index (χ2v) is 20.2. The van der Waals surface area contributed by atoms with Gasteiger partial charge in [-0.3, -0.25) is 4.79 Å². The Bertz CT molecular complexity index is 1610. The Morgan fingerprint density at radius 1 is 1.09 bits per heavy atom. The molecule has 11 nitrogen and oxygen atoms in total. The number of rotatable bonds is 11. The van der Waals surface area contributed by atoms with E-state index in [1.54, 1.807) is 19.0 Å². The Hall–Kier alpha value is -2.50. The number of nitrogens with one attached hydrogen (secondary N) is 1. The average molecular weight is 754 g/mol. The first-order chi connectivity index (χ1) is 25.2. The number of allylic oxidation sites excluding steroid dienone is 1. The molecular weight excluding hydrogens is 683 g/mol.